The van der Waals surface area contributed by atoms with Crippen LogP contribution in [0.1, 0.15) is 32.3 Å². The quantitative estimate of drug-likeness (QED) is 0.573. The molecular weight excluding hydrogens is 254 g/mol. The van der Waals surface area contributed by atoms with Crippen LogP contribution in [-0.2, 0) is 17.9 Å². The molecule has 3 heteroatoms. The molecule has 0 aromatic carbocycles. The second-order valence-electron chi connectivity index (χ2n) is 3.58. The fraction of sp³-hybridized carbons (Fsp3) is 0.583. The van der Waals surface area contributed by atoms with E-state index in [1.54, 1.807) is 0 Å². The van der Waals surface area contributed by atoms with Crippen LogP contribution in [0.3, 0.4) is 0 Å². The molecule has 0 amide bonds. The van der Waals surface area contributed by atoms with Crippen molar-refractivity contribution in [2.75, 3.05) is 6.61 Å². The summed E-state index contributed by atoms with van der Waals surface area (Å²) < 4.78 is 8.74. The Morgan fingerprint density at radius 3 is 2.80 bits per heavy atom. The first-order chi connectivity index (χ1) is 7.27. The lowest BCUT2D eigenvalue weighted by Crippen LogP contribution is -2.34. The summed E-state index contributed by atoms with van der Waals surface area (Å²) in [7, 11) is 0. The molecule has 2 nitrogen and oxygen atoms in total. The zero-order valence-electron chi connectivity index (χ0n) is 9.50. The van der Waals surface area contributed by atoms with E-state index >= 15 is 0 Å². The Hall–Kier alpha value is -0.410. The first-order valence-electron chi connectivity index (χ1n) is 5.53. The lowest BCUT2D eigenvalue weighted by Gasteiger charge is -2.02. The number of pyridine rings is 1. The molecule has 15 heavy (non-hydrogen) atoms. The normalized spacial score (nSPS) is 10.6. The Kier molecular flexibility index (Phi) is 5.88. The fourth-order valence-electron chi connectivity index (χ4n) is 1.32. The van der Waals surface area contributed by atoms with Crippen molar-refractivity contribution in [3.05, 3.63) is 28.5 Å². The number of hydrogen-bond acceptors (Lipinski definition) is 1. The Morgan fingerprint density at radius 1 is 1.40 bits per heavy atom. The summed E-state index contributed by atoms with van der Waals surface area (Å²) in [6.07, 6.45) is 7.51. The number of aryl methyl sites for hydroxylation is 1. The van der Waals surface area contributed by atoms with Gasteiger partial charge in [0.15, 0.2) is 12.4 Å². The fourth-order valence-corrected chi connectivity index (χ4v) is 2.00. The van der Waals surface area contributed by atoms with E-state index in [1.165, 1.54) is 12.0 Å². The third kappa shape index (κ3) is 4.31. The monoisotopic (exact) mass is 272 g/mol. The van der Waals surface area contributed by atoms with Gasteiger partial charge >= 0.3 is 0 Å². The Labute approximate surface area is 100 Å². The van der Waals surface area contributed by atoms with Gasteiger partial charge < -0.3 is 4.74 Å². The molecule has 0 atom stereocenters. The highest BCUT2D eigenvalue weighted by atomic mass is 79.9. The number of aromatic nitrogens is 1. The van der Waals surface area contributed by atoms with Gasteiger partial charge in [-0.15, -0.1) is 0 Å². The van der Waals surface area contributed by atoms with Gasteiger partial charge in [0.1, 0.15) is 0 Å². The summed E-state index contributed by atoms with van der Waals surface area (Å²) in [6.45, 7) is 5.81. The van der Waals surface area contributed by atoms with Gasteiger partial charge in [-0.25, -0.2) is 0 Å². The highest BCUT2D eigenvalue weighted by Gasteiger charge is 2.05. The zero-order chi connectivity index (χ0) is 11.1. The molecule has 1 aromatic rings. The van der Waals surface area contributed by atoms with Crippen molar-refractivity contribution in [2.24, 2.45) is 0 Å². The second-order valence-corrected chi connectivity index (χ2v) is 4.43. The summed E-state index contributed by atoms with van der Waals surface area (Å²) in [6, 6.07) is 2.13. The number of rotatable bonds is 6. The molecule has 0 aliphatic carbocycles. The van der Waals surface area contributed by atoms with Crippen molar-refractivity contribution in [3.8, 4) is 0 Å². The number of hydrogen-bond donors (Lipinski definition) is 0. The number of ether oxygens (including phenoxy) is 1. The maximum Gasteiger partial charge on any atom is 0.252 e. The maximum atomic E-state index is 5.53. The van der Waals surface area contributed by atoms with Gasteiger partial charge in [-0.2, -0.15) is 4.57 Å². The number of halogens is 1. The number of nitrogens with zero attached hydrogens (tertiary/aromatic N) is 1. The van der Waals surface area contributed by atoms with Gasteiger partial charge in [-0.1, -0.05) is 20.3 Å². The first kappa shape index (κ1) is 12.7. The minimum absolute atomic E-state index is 0.641. The lowest BCUT2D eigenvalue weighted by molar-refractivity contribution is -0.733. The van der Waals surface area contributed by atoms with E-state index in [0.717, 1.165) is 23.9 Å². The number of unbranched alkanes of at least 4 members (excludes halogenated alkanes) is 1. The van der Waals surface area contributed by atoms with E-state index in [4.69, 9.17) is 4.74 Å². The minimum Gasteiger partial charge on any atom is -0.323 e. The molecule has 0 unspecified atom stereocenters. The SMILES string of the molecule is CCCCOC[n+]1ccc(CC)c(Br)c1. The van der Waals surface area contributed by atoms with Crippen molar-refractivity contribution < 1.29 is 9.30 Å². The molecule has 0 N–H and O–H groups in total. The van der Waals surface area contributed by atoms with Crippen molar-refractivity contribution in [1.82, 2.24) is 0 Å². The third-order valence-electron chi connectivity index (χ3n) is 2.32. The summed E-state index contributed by atoms with van der Waals surface area (Å²) in [5, 5.41) is 0. The third-order valence-corrected chi connectivity index (χ3v) is 3.03. The smallest absolute Gasteiger partial charge is 0.252 e. The van der Waals surface area contributed by atoms with Crippen LogP contribution in [0.2, 0.25) is 0 Å². The summed E-state index contributed by atoms with van der Waals surface area (Å²) >= 11 is 3.55. The van der Waals surface area contributed by atoms with Crippen LogP contribution in [0.4, 0.5) is 0 Å². The first-order valence-corrected chi connectivity index (χ1v) is 6.32. The van der Waals surface area contributed by atoms with Gasteiger partial charge in [0, 0.05) is 6.07 Å². The van der Waals surface area contributed by atoms with E-state index in [0.29, 0.717) is 6.73 Å². The molecule has 0 saturated heterocycles. The van der Waals surface area contributed by atoms with E-state index in [-0.39, 0.29) is 0 Å². The minimum atomic E-state index is 0.641. The van der Waals surface area contributed by atoms with Crippen molar-refractivity contribution in [3.63, 3.8) is 0 Å². The van der Waals surface area contributed by atoms with Crippen LogP contribution in [-0.4, -0.2) is 6.61 Å². The van der Waals surface area contributed by atoms with Crippen molar-refractivity contribution in [1.29, 1.82) is 0 Å². The van der Waals surface area contributed by atoms with Gasteiger partial charge in [-0.3, -0.25) is 0 Å². The topological polar surface area (TPSA) is 13.1 Å². The lowest BCUT2D eigenvalue weighted by atomic mass is 10.2. The molecule has 1 rings (SSSR count). The Balaban J connectivity index is 2.45. The second kappa shape index (κ2) is 6.96. The standard InChI is InChI=1S/C12H19BrNO/c1-3-5-8-15-10-14-7-6-11(4-2)12(13)9-14/h6-7,9H,3-5,8,10H2,1-2H3/q+1. The average Bonchev–Trinajstić information content (AvgIpc) is 2.25. The highest BCUT2D eigenvalue weighted by Crippen LogP contribution is 2.13. The zero-order valence-corrected chi connectivity index (χ0v) is 11.1. The summed E-state index contributed by atoms with van der Waals surface area (Å²) in [5.74, 6) is 0. The largest absolute Gasteiger partial charge is 0.323 e. The highest BCUT2D eigenvalue weighted by molar-refractivity contribution is 9.10. The average molecular weight is 273 g/mol. The van der Waals surface area contributed by atoms with E-state index in [2.05, 4.69) is 52.8 Å². The van der Waals surface area contributed by atoms with Gasteiger partial charge in [0.05, 0.1) is 11.1 Å². The van der Waals surface area contributed by atoms with Crippen LogP contribution in [0.25, 0.3) is 0 Å². The summed E-state index contributed by atoms with van der Waals surface area (Å²) in [5.41, 5.74) is 1.33. The van der Waals surface area contributed by atoms with Crippen molar-refractivity contribution in [2.45, 2.75) is 39.8 Å². The van der Waals surface area contributed by atoms with Crippen LogP contribution >= 0.6 is 15.9 Å². The molecule has 84 valence electrons. The van der Waals surface area contributed by atoms with Crippen LogP contribution in [0.5, 0.6) is 0 Å². The molecule has 0 radical (unpaired) electrons. The van der Waals surface area contributed by atoms with Gasteiger partial charge in [-0.05, 0) is 34.3 Å². The molecular formula is C12H19BrNO+. The molecule has 0 bridgehead atoms. The van der Waals surface area contributed by atoms with Gasteiger partial charge in [0.25, 0.3) is 6.73 Å². The van der Waals surface area contributed by atoms with Crippen LogP contribution in [0.15, 0.2) is 22.9 Å². The molecule has 1 aromatic heterocycles. The van der Waals surface area contributed by atoms with E-state index in [1.807, 2.05) is 0 Å². The molecule has 0 aliphatic rings. The Morgan fingerprint density at radius 2 is 2.20 bits per heavy atom. The van der Waals surface area contributed by atoms with E-state index < -0.39 is 0 Å². The predicted octanol–water partition coefficient (Wildman–Crippen LogP) is 3.07. The molecule has 0 spiro atoms. The summed E-state index contributed by atoms with van der Waals surface area (Å²) in [4.78, 5) is 0. The van der Waals surface area contributed by atoms with Crippen molar-refractivity contribution >= 4 is 15.9 Å². The molecule has 0 saturated carbocycles. The van der Waals surface area contributed by atoms with Crippen LogP contribution in [0, 0.1) is 0 Å². The molecule has 0 aliphatic heterocycles. The van der Waals surface area contributed by atoms with Gasteiger partial charge in [0.2, 0.25) is 0 Å². The molecule has 1 heterocycles. The maximum absolute atomic E-state index is 5.53. The van der Waals surface area contributed by atoms with Crippen LogP contribution < -0.4 is 4.57 Å². The Bertz CT molecular complexity index is 302. The molecule has 0 fully saturated rings. The van der Waals surface area contributed by atoms with E-state index in [9.17, 15) is 0 Å². The predicted molar refractivity (Wildman–Crippen MR) is 64.6 cm³/mol.